The minimum Gasteiger partial charge on any atom is -0.338 e. The number of carbonyl (C=O) groups is 2. The number of benzene rings is 1. The van der Waals surface area contributed by atoms with Gasteiger partial charge in [0.05, 0.1) is 4.70 Å². The Morgan fingerprint density at radius 1 is 1.17 bits per heavy atom. The highest BCUT2D eigenvalue weighted by atomic mass is 32.1. The molecule has 3 amide bonds. The summed E-state index contributed by atoms with van der Waals surface area (Å²) in [6, 6.07) is 7.73. The van der Waals surface area contributed by atoms with Crippen LogP contribution in [0.1, 0.15) is 24.3 Å². The van der Waals surface area contributed by atoms with E-state index in [-0.39, 0.29) is 11.9 Å². The topological polar surface area (TPSA) is 65.5 Å². The Morgan fingerprint density at radius 2 is 1.83 bits per heavy atom. The van der Waals surface area contributed by atoms with Gasteiger partial charge in [0.2, 0.25) is 0 Å². The Labute approximate surface area is 145 Å². The van der Waals surface area contributed by atoms with Crippen molar-refractivity contribution in [3.05, 3.63) is 30.0 Å². The number of hydrogen-bond donors (Lipinski definition) is 1. The minimum absolute atomic E-state index is 0.0464. The molecule has 1 aliphatic rings. The van der Waals surface area contributed by atoms with Crippen molar-refractivity contribution in [1.82, 2.24) is 19.5 Å². The first kappa shape index (κ1) is 16.7. The third-order valence-corrected chi connectivity index (χ3v) is 4.92. The Bertz CT molecular complexity index is 735. The molecule has 1 aromatic heterocycles. The number of amides is 3. The van der Waals surface area contributed by atoms with Crippen LogP contribution >= 0.6 is 11.5 Å². The first-order chi connectivity index (χ1) is 11.6. The van der Waals surface area contributed by atoms with Crippen molar-refractivity contribution in [3.8, 4) is 0 Å². The monoisotopic (exact) mass is 346 g/mol. The van der Waals surface area contributed by atoms with Crippen LogP contribution in [0.4, 0.5) is 4.79 Å². The van der Waals surface area contributed by atoms with E-state index < -0.39 is 0 Å². The number of urea groups is 1. The van der Waals surface area contributed by atoms with Gasteiger partial charge in [-0.25, -0.2) is 4.79 Å². The first-order valence-electron chi connectivity index (χ1n) is 8.22. The summed E-state index contributed by atoms with van der Waals surface area (Å²) in [5.41, 5.74) is 0.522. The van der Waals surface area contributed by atoms with Crippen molar-refractivity contribution in [3.63, 3.8) is 0 Å². The lowest BCUT2D eigenvalue weighted by atomic mass is 10.2. The van der Waals surface area contributed by atoms with Crippen molar-refractivity contribution in [2.24, 2.45) is 5.92 Å². The number of rotatable bonds is 3. The van der Waals surface area contributed by atoms with Gasteiger partial charge in [-0.05, 0) is 23.5 Å². The molecule has 0 unspecified atom stereocenters. The fraction of sp³-hybridized carbons (Fsp3) is 0.471. The Morgan fingerprint density at radius 3 is 2.54 bits per heavy atom. The molecule has 0 saturated carbocycles. The molecule has 1 N–H and O–H groups in total. The SMILES string of the molecule is CC(C)CNC(=O)N1CCN(C(=O)c2nsc3ccccc23)CC1. The van der Waals surface area contributed by atoms with Gasteiger partial charge in [-0.2, -0.15) is 4.37 Å². The van der Waals surface area contributed by atoms with Gasteiger partial charge in [-0.15, -0.1) is 0 Å². The molecule has 3 rings (SSSR count). The molecule has 1 aromatic carbocycles. The summed E-state index contributed by atoms with van der Waals surface area (Å²) < 4.78 is 5.35. The van der Waals surface area contributed by atoms with Crippen LogP contribution in [-0.4, -0.2) is 58.8 Å². The number of piperazine rings is 1. The maximum absolute atomic E-state index is 12.7. The average molecular weight is 346 g/mol. The number of nitrogens with zero attached hydrogens (tertiary/aromatic N) is 3. The molecular weight excluding hydrogens is 324 g/mol. The van der Waals surface area contributed by atoms with Gasteiger partial charge in [-0.1, -0.05) is 32.0 Å². The Hall–Kier alpha value is -2.15. The van der Waals surface area contributed by atoms with E-state index in [1.54, 1.807) is 9.80 Å². The van der Waals surface area contributed by atoms with Gasteiger partial charge in [0.15, 0.2) is 0 Å². The van der Waals surface area contributed by atoms with E-state index in [0.29, 0.717) is 44.3 Å². The second-order valence-electron chi connectivity index (χ2n) is 6.39. The summed E-state index contributed by atoms with van der Waals surface area (Å²) in [5.74, 6) is 0.379. The Balaban J connectivity index is 1.60. The van der Waals surface area contributed by atoms with Crippen LogP contribution in [0, 0.1) is 5.92 Å². The van der Waals surface area contributed by atoms with E-state index in [2.05, 4.69) is 23.5 Å². The molecule has 128 valence electrons. The highest BCUT2D eigenvalue weighted by Crippen LogP contribution is 2.23. The molecule has 1 fully saturated rings. The molecule has 24 heavy (non-hydrogen) atoms. The van der Waals surface area contributed by atoms with Gasteiger partial charge in [0.1, 0.15) is 5.69 Å². The van der Waals surface area contributed by atoms with E-state index in [1.807, 2.05) is 24.3 Å². The van der Waals surface area contributed by atoms with Crippen LogP contribution in [0.25, 0.3) is 10.1 Å². The first-order valence-corrected chi connectivity index (χ1v) is 9.00. The summed E-state index contributed by atoms with van der Waals surface area (Å²) in [6.45, 7) is 6.99. The lowest BCUT2D eigenvalue weighted by Crippen LogP contribution is -2.53. The van der Waals surface area contributed by atoms with Gasteiger partial charge >= 0.3 is 6.03 Å². The summed E-state index contributed by atoms with van der Waals surface area (Å²) in [6.07, 6.45) is 0. The summed E-state index contributed by atoms with van der Waals surface area (Å²) in [5, 5.41) is 3.83. The normalized spacial score (nSPS) is 15.1. The van der Waals surface area contributed by atoms with Crippen LogP contribution in [0.15, 0.2) is 24.3 Å². The molecule has 2 heterocycles. The molecule has 0 spiro atoms. The summed E-state index contributed by atoms with van der Waals surface area (Å²) >= 11 is 1.35. The van der Waals surface area contributed by atoms with E-state index in [4.69, 9.17) is 0 Å². The van der Waals surface area contributed by atoms with Crippen LogP contribution < -0.4 is 5.32 Å². The molecular formula is C17H22N4O2S. The second kappa shape index (κ2) is 7.17. The molecule has 0 atom stereocenters. The lowest BCUT2D eigenvalue weighted by Gasteiger charge is -2.34. The highest BCUT2D eigenvalue weighted by molar-refractivity contribution is 7.13. The molecule has 1 saturated heterocycles. The summed E-state index contributed by atoms with van der Waals surface area (Å²) in [4.78, 5) is 28.4. The second-order valence-corrected chi connectivity index (χ2v) is 7.19. The van der Waals surface area contributed by atoms with Gasteiger partial charge in [0, 0.05) is 38.1 Å². The standard InChI is InChI=1S/C17H22N4O2S/c1-12(2)11-18-17(23)21-9-7-20(8-10-21)16(22)15-13-5-3-4-6-14(13)24-19-15/h3-6,12H,7-11H2,1-2H3,(H,18,23). The van der Waals surface area contributed by atoms with E-state index in [9.17, 15) is 9.59 Å². The zero-order valence-electron chi connectivity index (χ0n) is 14.0. The molecule has 1 aliphatic heterocycles. The fourth-order valence-corrected chi connectivity index (χ4v) is 3.47. The third kappa shape index (κ3) is 3.51. The van der Waals surface area contributed by atoms with Crippen LogP contribution in [0.3, 0.4) is 0 Å². The smallest absolute Gasteiger partial charge is 0.317 e. The maximum atomic E-state index is 12.7. The van der Waals surface area contributed by atoms with Crippen molar-refractivity contribution in [1.29, 1.82) is 0 Å². The molecule has 0 aliphatic carbocycles. The Kier molecular flexibility index (Phi) is 4.99. The summed E-state index contributed by atoms with van der Waals surface area (Å²) in [7, 11) is 0. The van der Waals surface area contributed by atoms with E-state index >= 15 is 0 Å². The zero-order valence-corrected chi connectivity index (χ0v) is 14.8. The predicted molar refractivity (Wildman–Crippen MR) is 95.3 cm³/mol. The van der Waals surface area contributed by atoms with Crippen LogP contribution in [0.5, 0.6) is 0 Å². The number of fused-ring (bicyclic) bond motifs is 1. The number of aromatic nitrogens is 1. The van der Waals surface area contributed by atoms with Crippen molar-refractivity contribution in [2.45, 2.75) is 13.8 Å². The number of nitrogens with one attached hydrogen (secondary N) is 1. The molecule has 0 radical (unpaired) electrons. The highest BCUT2D eigenvalue weighted by Gasteiger charge is 2.27. The van der Waals surface area contributed by atoms with E-state index in [1.165, 1.54) is 11.5 Å². The molecule has 2 aromatic rings. The quantitative estimate of drug-likeness (QED) is 0.928. The maximum Gasteiger partial charge on any atom is 0.317 e. The number of hydrogen-bond acceptors (Lipinski definition) is 4. The fourth-order valence-electron chi connectivity index (χ4n) is 2.71. The lowest BCUT2D eigenvalue weighted by molar-refractivity contribution is 0.0662. The van der Waals surface area contributed by atoms with Crippen molar-refractivity contribution >= 4 is 33.6 Å². The number of carbonyl (C=O) groups excluding carboxylic acids is 2. The van der Waals surface area contributed by atoms with Gasteiger partial charge in [0.25, 0.3) is 5.91 Å². The van der Waals surface area contributed by atoms with Crippen molar-refractivity contribution < 1.29 is 9.59 Å². The average Bonchev–Trinajstić information content (AvgIpc) is 3.03. The third-order valence-electron chi connectivity index (χ3n) is 4.10. The van der Waals surface area contributed by atoms with Gasteiger partial charge in [-0.3, -0.25) is 4.79 Å². The predicted octanol–water partition coefficient (Wildman–Crippen LogP) is 2.42. The van der Waals surface area contributed by atoms with Crippen LogP contribution in [-0.2, 0) is 0 Å². The zero-order chi connectivity index (χ0) is 17.1. The van der Waals surface area contributed by atoms with Gasteiger partial charge < -0.3 is 15.1 Å². The minimum atomic E-state index is -0.0466. The van der Waals surface area contributed by atoms with Crippen LogP contribution in [0.2, 0.25) is 0 Å². The van der Waals surface area contributed by atoms with E-state index in [0.717, 1.165) is 10.1 Å². The molecule has 0 bridgehead atoms. The molecule has 6 nitrogen and oxygen atoms in total. The largest absolute Gasteiger partial charge is 0.338 e. The van der Waals surface area contributed by atoms with Crippen molar-refractivity contribution in [2.75, 3.05) is 32.7 Å². The molecule has 7 heteroatoms.